The van der Waals surface area contributed by atoms with Crippen LogP contribution in [0.3, 0.4) is 0 Å². The Morgan fingerprint density at radius 1 is 1.38 bits per heavy atom. The lowest BCUT2D eigenvalue weighted by atomic mass is 9.91. The number of benzene rings is 1. The van der Waals surface area contributed by atoms with Crippen molar-refractivity contribution in [1.29, 1.82) is 0 Å². The summed E-state index contributed by atoms with van der Waals surface area (Å²) < 4.78 is 13.7. The second-order valence-electron chi connectivity index (χ2n) is 4.63. The highest BCUT2D eigenvalue weighted by atomic mass is 35.5. The smallest absolute Gasteiger partial charge is 0.144 e. The van der Waals surface area contributed by atoms with Crippen LogP contribution in [-0.2, 0) is 6.42 Å². The molecule has 0 radical (unpaired) electrons. The van der Waals surface area contributed by atoms with Crippen LogP contribution in [0, 0.1) is 17.7 Å². The third kappa shape index (κ3) is 2.36. The Kier molecular flexibility index (Phi) is 3.76. The lowest BCUT2D eigenvalue weighted by Crippen LogP contribution is -2.14. The van der Waals surface area contributed by atoms with Gasteiger partial charge in [-0.1, -0.05) is 30.7 Å². The van der Waals surface area contributed by atoms with Crippen molar-refractivity contribution in [2.24, 2.45) is 11.8 Å². The summed E-state index contributed by atoms with van der Waals surface area (Å²) in [5.41, 5.74) is 0.718. The Labute approximate surface area is 106 Å². The average molecular weight is 261 g/mol. The van der Waals surface area contributed by atoms with Crippen LogP contribution in [0.5, 0.6) is 0 Å². The maximum atomic E-state index is 13.7. The van der Waals surface area contributed by atoms with Gasteiger partial charge in [0, 0.05) is 5.38 Å². The van der Waals surface area contributed by atoms with E-state index in [0.29, 0.717) is 11.8 Å². The quantitative estimate of drug-likeness (QED) is 0.678. The van der Waals surface area contributed by atoms with E-state index >= 15 is 0 Å². The zero-order valence-electron chi connectivity index (χ0n) is 9.22. The van der Waals surface area contributed by atoms with E-state index in [0.717, 1.165) is 24.8 Å². The third-order valence-electron chi connectivity index (χ3n) is 3.64. The normalized spacial score (nSPS) is 29.6. The molecule has 0 aliphatic heterocycles. The van der Waals surface area contributed by atoms with Crippen molar-refractivity contribution < 1.29 is 4.39 Å². The Bertz CT molecular complexity index is 378. The lowest BCUT2D eigenvalue weighted by Gasteiger charge is -2.17. The third-order valence-corrected chi connectivity index (χ3v) is 4.55. The molecule has 0 N–H and O–H groups in total. The van der Waals surface area contributed by atoms with Gasteiger partial charge < -0.3 is 0 Å². The standard InChI is InChI=1S/C13H15Cl2F/c1-8-9(5-6-11(8)14)7-10-3-2-4-12(15)13(10)16/h2-4,8-9,11H,5-7H2,1H3. The molecule has 0 spiro atoms. The van der Waals surface area contributed by atoms with E-state index in [-0.39, 0.29) is 16.2 Å². The Balaban J connectivity index is 2.12. The first-order chi connectivity index (χ1) is 7.59. The predicted octanol–water partition coefficient (Wildman–Crippen LogP) is 4.68. The predicted molar refractivity (Wildman–Crippen MR) is 66.6 cm³/mol. The van der Waals surface area contributed by atoms with E-state index in [1.165, 1.54) is 0 Å². The number of rotatable bonds is 2. The van der Waals surface area contributed by atoms with Gasteiger partial charge in [-0.15, -0.1) is 11.6 Å². The van der Waals surface area contributed by atoms with Gasteiger partial charge in [-0.3, -0.25) is 0 Å². The van der Waals surface area contributed by atoms with Crippen molar-refractivity contribution in [1.82, 2.24) is 0 Å². The second kappa shape index (κ2) is 4.93. The molecular formula is C13H15Cl2F. The van der Waals surface area contributed by atoms with Crippen molar-refractivity contribution >= 4 is 23.2 Å². The Hall–Kier alpha value is -0.270. The first kappa shape index (κ1) is 12.2. The molecule has 1 saturated carbocycles. The Morgan fingerprint density at radius 3 is 2.75 bits per heavy atom. The van der Waals surface area contributed by atoms with Gasteiger partial charge in [-0.2, -0.15) is 0 Å². The molecule has 3 heteroatoms. The maximum absolute atomic E-state index is 13.7. The van der Waals surface area contributed by atoms with Crippen molar-refractivity contribution in [2.75, 3.05) is 0 Å². The van der Waals surface area contributed by atoms with Crippen LogP contribution in [0.4, 0.5) is 4.39 Å². The van der Waals surface area contributed by atoms with E-state index in [4.69, 9.17) is 23.2 Å². The monoisotopic (exact) mass is 260 g/mol. The molecule has 1 aromatic carbocycles. The van der Waals surface area contributed by atoms with Crippen LogP contribution < -0.4 is 0 Å². The molecule has 1 aliphatic rings. The molecular weight excluding hydrogens is 246 g/mol. The van der Waals surface area contributed by atoms with Gasteiger partial charge in [0.05, 0.1) is 5.02 Å². The number of alkyl halides is 1. The summed E-state index contributed by atoms with van der Waals surface area (Å²) in [7, 11) is 0. The summed E-state index contributed by atoms with van der Waals surface area (Å²) in [6.07, 6.45) is 2.87. The average Bonchev–Trinajstić information content (AvgIpc) is 2.57. The van der Waals surface area contributed by atoms with Crippen LogP contribution in [0.2, 0.25) is 5.02 Å². The second-order valence-corrected chi connectivity index (χ2v) is 5.60. The molecule has 1 aliphatic carbocycles. The molecule has 2 rings (SSSR count). The molecule has 0 amide bonds. The summed E-state index contributed by atoms with van der Waals surface area (Å²) in [5.74, 6) is 0.671. The van der Waals surface area contributed by atoms with E-state index in [1.807, 2.05) is 6.07 Å². The van der Waals surface area contributed by atoms with Gasteiger partial charge in [0.1, 0.15) is 5.82 Å². The highest BCUT2D eigenvalue weighted by Crippen LogP contribution is 2.38. The molecule has 0 heterocycles. The molecule has 1 aromatic rings. The number of hydrogen-bond donors (Lipinski definition) is 0. The van der Waals surface area contributed by atoms with Gasteiger partial charge in [0.25, 0.3) is 0 Å². The molecule has 0 aromatic heterocycles. The minimum absolute atomic E-state index is 0.213. The molecule has 88 valence electrons. The minimum Gasteiger partial charge on any atom is -0.205 e. The van der Waals surface area contributed by atoms with E-state index in [9.17, 15) is 4.39 Å². The molecule has 1 fully saturated rings. The summed E-state index contributed by atoms with van der Waals surface area (Å²) in [4.78, 5) is 0. The van der Waals surface area contributed by atoms with Gasteiger partial charge in [0.15, 0.2) is 0 Å². The van der Waals surface area contributed by atoms with Crippen LogP contribution in [0.1, 0.15) is 25.3 Å². The van der Waals surface area contributed by atoms with E-state index in [2.05, 4.69) is 6.92 Å². The fourth-order valence-corrected chi connectivity index (χ4v) is 3.00. The van der Waals surface area contributed by atoms with Crippen LogP contribution in [-0.4, -0.2) is 5.38 Å². The largest absolute Gasteiger partial charge is 0.205 e. The summed E-state index contributed by atoms with van der Waals surface area (Å²) in [6.45, 7) is 2.15. The maximum Gasteiger partial charge on any atom is 0.144 e. The molecule has 3 unspecified atom stereocenters. The highest BCUT2D eigenvalue weighted by molar-refractivity contribution is 6.30. The van der Waals surface area contributed by atoms with Crippen LogP contribution >= 0.6 is 23.2 Å². The summed E-state index contributed by atoms with van der Waals surface area (Å²) >= 11 is 11.9. The highest BCUT2D eigenvalue weighted by Gasteiger charge is 2.31. The topological polar surface area (TPSA) is 0 Å². The van der Waals surface area contributed by atoms with E-state index in [1.54, 1.807) is 12.1 Å². The first-order valence-corrected chi connectivity index (χ1v) is 6.48. The SMILES string of the molecule is CC1C(Cl)CCC1Cc1cccc(Cl)c1F. The molecule has 0 bridgehead atoms. The van der Waals surface area contributed by atoms with Crippen LogP contribution in [0.15, 0.2) is 18.2 Å². The molecule has 3 atom stereocenters. The Morgan fingerprint density at radius 2 is 2.12 bits per heavy atom. The molecule has 0 saturated heterocycles. The van der Waals surface area contributed by atoms with E-state index < -0.39 is 0 Å². The van der Waals surface area contributed by atoms with Crippen molar-refractivity contribution in [3.05, 3.63) is 34.6 Å². The van der Waals surface area contributed by atoms with Crippen molar-refractivity contribution in [2.45, 2.75) is 31.6 Å². The number of hydrogen-bond acceptors (Lipinski definition) is 0. The number of halogens is 3. The van der Waals surface area contributed by atoms with Crippen molar-refractivity contribution in [3.8, 4) is 0 Å². The zero-order valence-corrected chi connectivity index (χ0v) is 10.7. The van der Waals surface area contributed by atoms with Gasteiger partial charge in [0.2, 0.25) is 0 Å². The molecule has 0 nitrogen and oxygen atoms in total. The molecule has 16 heavy (non-hydrogen) atoms. The van der Waals surface area contributed by atoms with Gasteiger partial charge in [-0.05, 0) is 42.7 Å². The van der Waals surface area contributed by atoms with Gasteiger partial charge >= 0.3 is 0 Å². The minimum atomic E-state index is -0.269. The fraction of sp³-hybridized carbons (Fsp3) is 0.538. The van der Waals surface area contributed by atoms with Gasteiger partial charge in [-0.25, -0.2) is 4.39 Å². The fourth-order valence-electron chi connectivity index (χ4n) is 2.47. The lowest BCUT2D eigenvalue weighted by molar-refractivity contribution is 0.413. The van der Waals surface area contributed by atoms with Crippen LogP contribution in [0.25, 0.3) is 0 Å². The summed E-state index contributed by atoms with van der Waals surface area (Å²) in [6, 6.07) is 5.21. The summed E-state index contributed by atoms with van der Waals surface area (Å²) in [5, 5.41) is 0.456. The first-order valence-electron chi connectivity index (χ1n) is 5.66. The van der Waals surface area contributed by atoms with Crippen molar-refractivity contribution in [3.63, 3.8) is 0 Å². The zero-order chi connectivity index (χ0) is 11.7.